The molecule has 1 nitrogen and oxygen atoms in total. The lowest BCUT2D eigenvalue weighted by molar-refractivity contribution is 0.553. The van der Waals surface area contributed by atoms with E-state index in [1.165, 1.54) is 0 Å². The molecule has 1 fully saturated rings. The van der Waals surface area contributed by atoms with Crippen molar-refractivity contribution in [3.63, 3.8) is 0 Å². The molecule has 0 amide bonds. The first-order valence-electron chi connectivity index (χ1n) is 5.07. The van der Waals surface area contributed by atoms with Crippen molar-refractivity contribution >= 4 is 0 Å². The molecule has 1 aliphatic carbocycles. The van der Waals surface area contributed by atoms with Gasteiger partial charge in [-0.1, -0.05) is 19.1 Å². The Balaban J connectivity index is 2.42. The highest BCUT2D eigenvalue weighted by atomic mass is 19.1. The van der Waals surface area contributed by atoms with Gasteiger partial charge in [0, 0.05) is 12.0 Å². The van der Waals surface area contributed by atoms with Crippen LogP contribution in [0.2, 0.25) is 0 Å². The highest BCUT2D eigenvalue weighted by Gasteiger charge is 2.52. The predicted molar refractivity (Wildman–Crippen MR) is 55.7 cm³/mol. The molecule has 2 rings (SSSR count). The summed E-state index contributed by atoms with van der Waals surface area (Å²) < 4.78 is 13.7. The lowest BCUT2D eigenvalue weighted by Gasteiger charge is -2.15. The molecule has 2 heteroatoms. The molecule has 2 N–H and O–H groups in total. The first-order chi connectivity index (χ1) is 6.60. The van der Waals surface area contributed by atoms with Crippen LogP contribution in [-0.4, -0.2) is 6.54 Å². The Kier molecular flexibility index (Phi) is 2.11. The molecule has 1 aromatic carbocycles. The van der Waals surface area contributed by atoms with Crippen LogP contribution in [0.25, 0.3) is 0 Å². The first kappa shape index (κ1) is 9.66. The molecule has 0 aliphatic heterocycles. The van der Waals surface area contributed by atoms with Crippen molar-refractivity contribution in [2.75, 3.05) is 6.54 Å². The molecule has 0 aromatic heterocycles. The molecule has 0 unspecified atom stereocenters. The molecule has 1 saturated carbocycles. The van der Waals surface area contributed by atoms with E-state index < -0.39 is 0 Å². The molecule has 0 radical (unpaired) electrons. The maximum absolute atomic E-state index is 13.7. The third-order valence-corrected chi connectivity index (χ3v) is 3.48. The van der Waals surface area contributed by atoms with E-state index in [9.17, 15) is 4.39 Å². The van der Waals surface area contributed by atoms with Crippen LogP contribution in [0.15, 0.2) is 18.2 Å². The second-order valence-electron chi connectivity index (χ2n) is 4.45. The summed E-state index contributed by atoms with van der Waals surface area (Å²) in [6.07, 6.45) is 1.02. The minimum Gasteiger partial charge on any atom is -0.330 e. The van der Waals surface area contributed by atoms with Crippen LogP contribution < -0.4 is 5.73 Å². The van der Waals surface area contributed by atoms with Crippen LogP contribution in [0.1, 0.15) is 24.5 Å². The second-order valence-corrected chi connectivity index (χ2v) is 4.45. The maximum atomic E-state index is 13.7. The average Bonchev–Trinajstić information content (AvgIpc) is 2.78. The number of aryl methyl sites for hydroxylation is 1. The number of rotatable bonds is 2. The molecule has 14 heavy (non-hydrogen) atoms. The van der Waals surface area contributed by atoms with Crippen molar-refractivity contribution in [1.82, 2.24) is 0 Å². The van der Waals surface area contributed by atoms with Crippen molar-refractivity contribution in [2.45, 2.75) is 25.7 Å². The zero-order valence-corrected chi connectivity index (χ0v) is 8.68. The van der Waals surface area contributed by atoms with E-state index >= 15 is 0 Å². The van der Waals surface area contributed by atoms with Gasteiger partial charge in [0.2, 0.25) is 0 Å². The van der Waals surface area contributed by atoms with Gasteiger partial charge >= 0.3 is 0 Å². The molecule has 1 aliphatic rings. The van der Waals surface area contributed by atoms with Crippen molar-refractivity contribution < 1.29 is 4.39 Å². The smallest absolute Gasteiger partial charge is 0.127 e. The van der Waals surface area contributed by atoms with Crippen molar-refractivity contribution in [1.29, 1.82) is 0 Å². The number of halogens is 1. The predicted octanol–water partition coefficient (Wildman–Crippen LogP) is 2.37. The fourth-order valence-corrected chi connectivity index (χ4v) is 2.28. The van der Waals surface area contributed by atoms with Gasteiger partial charge in [0.15, 0.2) is 0 Å². The summed E-state index contributed by atoms with van der Waals surface area (Å²) in [6, 6.07) is 5.44. The Labute approximate surface area is 84.1 Å². The minimum absolute atomic E-state index is 0.0716. The summed E-state index contributed by atoms with van der Waals surface area (Å²) in [4.78, 5) is 0. The number of benzene rings is 1. The van der Waals surface area contributed by atoms with Crippen LogP contribution in [0, 0.1) is 18.7 Å². The summed E-state index contributed by atoms with van der Waals surface area (Å²) in [5.74, 6) is 0.421. The SMILES string of the molecule is Cc1ccc([C@]2(CN)C[C@H]2C)c(F)c1. The van der Waals surface area contributed by atoms with Gasteiger partial charge in [-0.2, -0.15) is 0 Å². The normalized spacial score (nSPS) is 30.4. The highest BCUT2D eigenvalue weighted by Crippen LogP contribution is 2.53. The van der Waals surface area contributed by atoms with Gasteiger partial charge < -0.3 is 5.73 Å². The molecule has 0 saturated heterocycles. The molecular weight excluding hydrogens is 177 g/mol. The van der Waals surface area contributed by atoms with Crippen molar-refractivity contribution in [2.24, 2.45) is 11.7 Å². The molecule has 0 spiro atoms. The van der Waals surface area contributed by atoms with Gasteiger partial charge in [0.25, 0.3) is 0 Å². The molecule has 2 atom stereocenters. The van der Waals surface area contributed by atoms with Gasteiger partial charge in [0.1, 0.15) is 5.82 Å². The topological polar surface area (TPSA) is 26.0 Å². The van der Waals surface area contributed by atoms with E-state index in [1.54, 1.807) is 6.07 Å². The van der Waals surface area contributed by atoms with Gasteiger partial charge in [-0.15, -0.1) is 0 Å². The lowest BCUT2D eigenvalue weighted by atomic mass is 9.92. The van der Waals surface area contributed by atoms with Crippen LogP contribution in [0.4, 0.5) is 4.39 Å². The molecule has 0 heterocycles. The van der Waals surface area contributed by atoms with Gasteiger partial charge in [0.05, 0.1) is 0 Å². The van der Waals surface area contributed by atoms with Crippen molar-refractivity contribution in [3.05, 3.63) is 35.1 Å². The number of hydrogen-bond donors (Lipinski definition) is 1. The summed E-state index contributed by atoms with van der Waals surface area (Å²) in [7, 11) is 0. The third kappa shape index (κ3) is 1.25. The number of hydrogen-bond acceptors (Lipinski definition) is 1. The Morgan fingerprint density at radius 1 is 1.57 bits per heavy atom. The third-order valence-electron chi connectivity index (χ3n) is 3.48. The van der Waals surface area contributed by atoms with Crippen LogP contribution >= 0.6 is 0 Å². The van der Waals surface area contributed by atoms with Crippen molar-refractivity contribution in [3.8, 4) is 0 Å². The highest BCUT2D eigenvalue weighted by molar-refractivity contribution is 5.36. The molecule has 1 aromatic rings. The summed E-state index contributed by atoms with van der Waals surface area (Å²) >= 11 is 0. The quantitative estimate of drug-likeness (QED) is 0.766. The summed E-state index contributed by atoms with van der Waals surface area (Å²) in [6.45, 7) is 4.58. The van der Waals surface area contributed by atoms with E-state index in [4.69, 9.17) is 5.73 Å². The second kappa shape index (κ2) is 3.06. The molecule has 0 bridgehead atoms. The maximum Gasteiger partial charge on any atom is 0.127 e. The number of nitrogens with two attached hydrogens (primary N) is 1. The first-order valence-corrected chi connectivity index (χ1v) is 5.07. The Hall–Kier alpha value is -0.890. The Morgan fingerprint density at radius 3 is 2.64 bits per heavy atom. The summed E-state index contributed by atoms with van der Waals surface area (Å²) in [5.41, 5.74) is 7.43. The fourth-order valence-electron chi connectivity index (χ4n) is 2.28. The molecular formula is C12H16FN. The summed E-state index contributed by atoms with van der Waals surface area (Å²) in [5, 5.41) is 0. The zero-order chi connectivity index (χ0) is 10.3. The van der Waals surface area contributed by atoms with Crippen LogP contribution in [0.3, 0.4) is 0 Å². The monoisotopic (exact) mass is 193 g/mol. The van der Waals surface area contributed by atoms with E-state index in [-0.39, 0.29) is 11.2 Å². The molecule has 76 valence electrons. The average molecular weight is 193 g/mol. The van der Waals surface area contributed by atoms with E-state index in [0.717, 1.165) is 17.5 Å². The standard InChI is InChI=1S/C12H16FN/c1-8-3-4-10(11(13)5-8)12(7-14)6-9(12)2/h3-5,9H,6-7,14H2,1-2H3/t9-,12+/m1/s1. The minimum atomic E-state index is -0.0974. The van der Waals surface area contributed by atoms with Gasteiger partial charge in [-0.3, -0.25) is 0 Å². The largest absolute Gasteiger partial charge is 0.330 e. The van der Waals surface area contributed by atoms with E-state index in [1.807, 2.05) is 19.1 Å². The van der Waals surface area contributed by atoms with Crippen LogP contribution in [-0.2, 0) is 5.41 Å². The van der Waals surface area contributed by atoms with Crippen LogP contribution in [0.5, 0.6) is 0 Å². The lowest BCUT2D eigenvalue weighted by Crippen LogP contribution is -2.23. The Bertz CT molecular complexity index is 357. The van der Waals surface area contributed by atoms with Gasteiger partial charge in [-0.25, -0.2) is 4.39 Å². The zero-order valence-electron chi connectivity index (χ0n) is 8.68. The van der Waals surface area contributed by atoms with E-state index in [2.05, 4.69) is 6.92 Å². The fraction of sp³-hybridized carbons (Fsp3) is 0.500. The van der Waals surface area contributed by atoms with E-state index in [0.29, 0.717) is 12.5 Å². The Morgan fingerprint density at radius 2 is 2.21 bits per heavy atom. The van der Waals surface area contributed by atoms with Gasteiger partial charge in [-0.05, 0) is 36.5 Å².